The SMILES string of the molecule is Cc1cc(OC2CN(S(=O)(=O)Cc3ccc(F)cc3)C2)cc(=O)n1C1CC1. The third kappa shape index (κ3) is 3.91. The fourth-order valence-corrected chi connectivity index (χ4v) is 4.91. The summed E-state index contributed by atoms with van der Waals surface area (Å²) in [6.45, 7) is 2.37. The van der Waals surface area contributed by atoms with Gasteiger partial charge in [0.25, 0.3) is 5.56 Å². The minimum atomic E-state index is -3.48. The summed E-state index contributed by atoms with van der Waals surface area (Å²) in [5.41, 5.74) is 1.33. The molecule has 1 aromatic heterocycles. The maximum Gasteiger partial charge on any atom is 0.254 e. The standard InChI is InChI=1S/C19H21FN2O4S/c1-13-8-17(9-19(23)22(13)16-6-7-16)26-18-10-21(11-18)27(24,25)12-14-2-4-15(20)5-3-14/h2-5,8-9,16,18H,6-7,10-12H2,1H3. The number of benzene rings is 1. The zero-order chi connectivity index (χ0) is 19.2. The first-order valence-electron chi connectivity index (χ1n) is 8.94. The van der Waals surface area contributed by atoms with Crippen LogP contribution in [0.5, 0.6) is 5.75 Å². The molecule has 0 unspecified atom stereocenters. The van der Waals surface area contributed by atoms with Gasteiger partial charge in [0, 0.05) is 17.8 Å². The molecule has 2 fully saturated rings. The third-order valence-corrected chi connectivity index (χ3v) is 6.70. The average molecular weight is 392 g/mol. The van der Waals surface area contributed by atoms with E-state index in [9.17, 15) is 17.6 Å². The number of nitrogens with zero attached hydrogens (tertiary/aromatic N) is 2. The molecular weight excluding hydrogens is 371 g/mol. The number of halogens is 1. The van der Waals surface area contributed by atoms with Crippen LogP contribution in [0.1, 0.15) is 30.1 Å². The number of ether oxygens (including phenoxy) is 1. The number of rotatable bonds is 6. The van der Waals surface area contributed by atoms with Gasteiger partial charge in [0.2, 0.25) is 10.0 Å². The molecule has 1 saturated heterocycles. The molecular formula is C19H21FN2O4S. The molecule has 144 valence electrons. The summed E-state index contributed by atoms with van der Waals surface area (Å²) in [6, 6.07) is 9.05. The topological polar surface area (TPSA) is 68.6 Å². The molecule has 0 spiro atoms. The average Bonchev–Trinajstić information content (AvgIpc) is 3.36. The van der Waals surface area contributed by atoms with Crippen molar-refractivity contribution in [3.63, 3.8) is 0 Å². The largest absolute Gasteiger partial charge is 0.487 e. The van der Waals surface area contributed by atoms with E-state index < -0.39 is 15.8 Å². The number of hydrogen-bond donors (Lipinski definition) is 0. The molecule has 2 aromatic rings. The van der Waals surface area contributed by atoms with Gasteiger partial charge in [-0.05, 0) is 43.5 Å². The van der Waals surface area contributed by atoms with Gasteiger partial charge in [0.05, 0.1) is 18.8 Å². The van der Waals surface area contributed by atoms with E-state index >= 15 is 0 Å². The van der Waals surface area contributed by atoms with Crippen LogP contribution >= 0.6 is 0 Å². The lowest BCUT2D eigenvalue weighted by Crippen LogP contribution is -2.56. The number of sulfonamides is 1. The Morgan fingerprint density at radius 3 is 2.41 bits per heavy atom. The van der Waals surface area contributed by atoms with E-state index in [4.69, 9.17) is 4.74 Å². The Hall–Kier alpha value is -2.19. The van der Waals surface area contributed by atoms with Crippen LogP contribution in [0.4, 0.5) is 4.39 Å². The lowest BCUT2D eigenvalue weighted by molar-refractivity contribution is 0.0757. The number of pyridine rings is 1. The first-order valence-corrected chi connectivity index (χ1v) is 10.5. The Kier molecular flexibility index (Phi) is 4.55. The fraction of sp³-hybridized carbons (Fsp3) is 0.421. The summed E-state index contributed by atoms with van der Waals surface area (Å²) in [7, 11) is -3.48. The van der Waals surface area contributed by atoms with Crippen molar-refractivity contribution in [3.05, 3.63) is 63.8 Å². The Morgan fingerprint density at radius 1 is 1.15 bits per heavy atom. The first-order chi connectivity index (χ1) is 12.8. The molecule has 4 rings (SSSR count). The second-order valence-electron chi connectivity index (χ2n) is 7.21. The summed E-state index contributed by atoms with van der Waals surface area (Å²) in [5, 5.41) is 0. The molecule has 1 saturated carbocycles. The summed E-state index contributed by atoms with van der Waals surface area (Å²) in [4.78, 5) is 12.2. The van der Waals surface area contributed by atoms with Crippen LogP contribution in [0.3, 0.4) is 0 Å². The lowest BCUT2D eigenvalue weighted by atomic mass is 10.2. The van der Waals surface area contributed by atoms with E-state index in [1.54, 1.807) is 4.57 Å². The molecule has 0 N–H and O–H groups in total. The van der Waals surface area contributed by atoms with Gasteiger partial charge in [0.15, 0.2) is 0 Å². The molecule has 2 aliphatic rings. The van der Waals surface area contributed by atoms with Crippen LogP contribution in [-0.4, -0.2) is 36.5 Å². The smallest absolute Gasteiger partial charge is 0.254 e. The van der Waals surface area contributed by atoms with Gasteiger partial charge in [-0.3, -0.25) is 4.79 Å². The summed E-state index contributed by atoms with van der Waals surface area (Å²) >= 11 is 0. The van der Waals surface area contributed by atoms with Crippen molar-refractivity contribution < 1.29 is 17.5 Å². The molecule has 0 atom stereocenters. The predicted octanol–water partition coefficient (Wildman–Crippen LogP) is 2.22. The van der Waals surface area contributed by atoms with E-state index in [1.807, 2.05) is 13.0 Å². The minimum Gasteiger partial charge on any atom is -0.487 e. The molecule has 0 bridgehead atoms. The monoisotopic (exact) mass is 392 g/mol. The van der Waals surface area contributed by atoms with Gasteiger partial charge in [-0.15, -0.1) is 0 Å². The lowest BCUT2D eigenvalue weighted by Gasteiger charge is -2.37. The van der Waals surface area contributed by atoms with Crippen LogP contribution in [0, 0.1) is 12.7 Å². The molecule has 2 heterocycles. The van der Waals surface area contributed by atoms with E-state index in [2.05, 4.69) is 0 Å². The van der Waals surface area contributed by atoms with Gasteiger partial charge in [-0.1, -0.05) is 12.1 Å². The molecule has 1 aliphatic carbocycles. The highest BCUT2D eigenvalue weighted by atomic mass is 32.2. The predicted molar refractivity (Wildman–Crippen MR) is 98.7 cm³/mol. The van der Waals surface area contributed by atoms with Crippen molar-refractivity contribution in [3.8, 4) is 5.75 Å². The maximum atomic E-state index is 12.9. The van der Waals surface area contributed by atoms with Crippen LogP contribution < -0.4 is 10.3 Å². The van der Waals surface area contributed by atoms with E-state index in [1.165, 1.54) is 34.6 Å². The zero-order valence-electron chi connectivity index (χ0n) is 15.0. The Bertz CT molecular complexity index is 1010. The van der Waals surface area contributed by atoms with Crippen molar-refractivity contribution in [2.75, 3.05) is 13.1 Å². The Balaban J connectivity index is 1.36. The van der Waals surface area contributed by atoms with Crippen molar-refractivity contribution >= 4 is 10.0 Å². The number of aryl methyl sites for hydroxylation is 1. The maximum absolute atomic E-state index is 12.9. The summed E-state index contributed by atoms with van der Waals surface area (Å²) in [6.07, 6.45) is 1.79. The van der Waals surface area contributed by atoms with Crippen LogP contribution in [0.15, 0.2) is 41.2 Å². The van der Waals surface area contributed by atoms with Crippen molar-refractivity contribution in [2.45, 2.75) is 37.7 Å². The Labute approximate surface area is 157 Å². The van der Waals surface area contributed by atoms with Crippen molar-refractivity contribution in [1.82, 2.24) is 8.87 Å². The highest BCUT2D eigenvalue weighted by Crippen LogP contribution is 2.35. The highest BCUT2D eigenvalue weighted by molar-refractivity contribution is 7.88. The summed E-state index contributed by atoms with van der Waals surface area (Å²) in [5.74, 6) is -0.0845. The fourth-order valence-electron chi connectivity index (χ4n) is 3.33. The Morgan fingerprint density at radius 2 is 1.81 bits per heavy atom. The molecule has 1 aromatic carbocycles. The first kappa shape index (κ1) is 18.2. The van der Waals surface area contributed by atoms with Gasteiger partial charge in [0.1, 0.15) is 17.7 Å². The number of hydrogen-bond acceptors (Lipinski definition) is 4. The van der Waals surface area contributed by atoms with Gasteiger partial charge < -0.3 is 9.30 Å². The molecule has 0 radical (unpaired) electrons. The van der Waals surface area contributed by atoms with Gasteiger partial charge in [-0.2, -0.15) is 4.31 Å². The summed E-state index contributed by atoms with van der Waals surface area (Å²) < 4.78 is 46.7. The molecule has 6 nitrogen and oxygen atoms in total. The highest BCUT2D eigenvalue weighted by Gasteiger charge is 2.37. The molecule has 8 heteroatoms. The third-order valence-electron chi connectivity index (χ3n) is 4.92. The van der Waals surface area contributed by atoms with E-state index in [0.29, 0.717) is 17.4 Å². The number of aromatic nitrogens is 1. The van der Waals surface area contributed by atoms with E-state index in [-0.39, 0.29) is 30.5 Å². The van der Waals surface area contributed by atoms with Crippen LogP contribution in [0.25, 0.3) is 0 Å². The molecule has 0 amide bonds. The normalized spacial score (nSPS) is 18.3. The van der Waals surface area contributed by atoms with Gasteiger partial charge >= 0.3 is 0 Å². The molecule has 27 heavy (non-hydrogen) atoms. The van der Waals surface area contributed by atoms with Crippen molar-refractivity contribution in [2.24, 2.45) is 0 Å². The van der Waals surface area contributed by atoms with Crippen molar-refractivity contribution in [1.29, 1.82) is 0 Å². The second-order valence-corrected chi connectivity index (χ2v) is 9.18. The van der Waals surface area contributed by atoms with Crippen LogP contribution in [0.2, 0.25) is 0 Å². The molecule has 1 aliphatic heterocycles. The quantitative estimate of drug-likeness (QED) is 0.756. The minimum absolute atomic E-state index is 0.0763. The van der Waals surface area contributed by atoms with Crippen LogP contribution in [-0.2, 0) is 15.8 Å². The zero-order valence-corrected chi connectivity index (χ0v) is 15.8. The van der Waals surface area contributed by atoms with E-state index in [0.717, 1.165) is 18.5 Å². The van der Waals surface area contributed by atoms with Gasteiger partial charge in [-0.25, -0.2) is 12.8 Å². The second kappa shape index (κ2) is 6.76.